The second-order valence-electron chi connectivity index (χ2n) is 6.85. The Bertz CT molecular complexity index is 1280. The molecule has 0 saturated carbocycles. The quantitative estimate of drug-likeness (QED) is 0.438. The lowest BCUT2D eigenvalue weighted by atomic mass is 10.2. The Labute approximate surface area is 175 Å². The number of ether oxygens (including phenoxy) is 1. The van der Waals surface area contributed by atoms with Crippen molar-refractivity contribution in [3.05, 3.63) is 94.2 Å². The number of benzene rings is 2. The van der Waals surface area contributed by atoms with Crippen LogP contribution in [0.1, 0.15) is 41.5 Å². The number of alkyl halides is 2. The molecule has 0 amide bonds. The summed E-state index contributed by atoms with van der Waals surface area (Å²) in [6, 6.07) is 18.1. The summed E-state index contributed by atoms with van der Waals surface area (Å²) >= 11 is 0. The number of hydrogen-bond donors (Lipinski definition) is 0. The Morgan fingerprint density at radius 3 is 2.48 bits per heavy atom. The van der Waals surface area contributed by atoms with Gasteiger partial charge in [-0.1, -0.05) is 42.5 Å². The first-order valence-corrected chi connectivity index (χ1v) is 9.52. The molecule has 2 aromatic heterocycles. The van der Waals surface area contributed by atoms with Gasteiger partial charge in [0, 0.05) is 6.07 Å². The van der Waals surface area contributed by atoms with Gasteiger partial charge in [0.1, 0.15) is 0 Å². The van der Waals surface area contributed by atoms with Crippen molar-refractivity contribution in [3.63, 3.8) is 0 Å². The highest BCUT2D eigenvalue weighted by molar-refractivity contribution is 5.87. The van der Waals surface area contributed by atoms with Gasteiger partial charge in [0.15, 0.2) is 17.6 Å². The van der Waals surface area contributed by atoms with Crippen molar-refractivity contribution < 1.29 is 18.3 Å². The molecule has 2 aromatic carbocycles. The molecule has 0 bridgehead atoms. The van der Waals surface area contributed by atoms with E-state index in [0.29, 0.717) is 5.52 Å². The molecular formula is C22H18F2N4O3. The molecule has 0 fully saturated rings. The lowest BCUT2D eigenvalue weighted by molar-refractivity contribution is 0.0225. The van der Waals surface area contributed by atoms with Gasteiger partial charge in [0.2, 0.25) is 0 Å². The third-order valence-electron chi connectivity index (χ3n) is 4.72. The van der Waals surface area contributed by atoms with Crippen molar-refractivity contribution in [3.8, 4) is 0 Å². The third kappa shape index (κ3) is 4.20. The zero-order chi connectivity index (χ0) is 22.0. The second kappa shape index (κ2) is 8.47. The highest BCUT2D eigenvalue weighted by Gasteiger charge is 2.25. The summed E-state index contributed by atoms with van der Waals surface area (Å²) < 4.78 is 34.5. The van der Waals surface area contributed by atoms with E-state index in [4.69, 9.17) is 4.74 Å². The number of aromatic nitrogens is 4. The average Bonchev–Trinajstić information content (AvgIpc) is 3.16. The minimum Gasteiger partial charge on any atom is -0.450 e. The summed E-state index contributed by atoms with van der Waals surface area (Å²) in [4.78, 5) is 28.9. The van der Waals surface area contributed by atoms with Gasteiger partial charge in [-0.15, -0.1) is 0 Å². The summed E-state index contributed by atoms with van der Waals surface area (Å²) in [5.74, 6) is -0.927. The lowest BCUT2D eigenvalue weighted by Gasteiger charge is -2.15. The standard InChI is InChI=1S/C22H18F2N4O3/c1-14(20-25-16-9-5-6-10-18(16)28(20)22(23)24)31-21(30)17-11-12-19(29)27(26-17)13-15-7-3-2-4-8-15/h2-12,14,22H,13H2,1H3. The molecule has 31 heavy (non-hydrogen) atoms. The van der Waals surface area contributed by atoms with E-state index in [9.17, 15) is 18.4 Å². The maximum Gasteiger partial charge on any atom is 0.359 e. The number of halogens is 2. The fourth-order valence-corrected chi connectivity index (χ4v) is 3.26. The van der Waals surface area contributed by atoms with E-state index >= 15 is 0 Å². The second-order valence-corrected chi connectivity index (χ2v) is 6.85. The number of carbonyl (C=O) groups is 1. The number of rotatable bonds is 6. The molecule has 0 radical (unpaired) electrons. The van der Waals surface area contributed by atoms with Gasteiger partial charge in [-0.25, -0.2) is 14.5 Å². The van der Waals surface area contributed by atoms with Crippen molar-refractivity contribution in [2.24, 2.45) is 0 Å². The summed E-state index contributed by atoms with van der Waals surface area (Å²) in [5.41, 5.74) is 0.955. The van der Waals surface area contributed by atoms with E-state index in [-0.39, 0.29) is 29.1 Å². The molecule has 1 unspecified atom stereocenters. The van der Waals surface area contributed by atoms with E-state index in [2.05, 4.69) is 10.1 Å². The van der Waals surface area contributed by atoms with Crippen LogP contribution in [0.5, 0.6) is 0 Å². The summed E-state index contributed by atoms with van der Waals surface area (Å²) in [6.45, 7) is -1.22. The summed E-state index contributed by atoms with van der Waals surface area (Å²) in [5, 5.41) is 4.07. The Kier molecular flexibility index (Phi) is 5.57. The Balaban J connectivity index is 1.59. The minimum absolute atomic E-state index is 0.0813. The van der Waals surface area contributed by atoms with Crippen LogP contribution in [-0.4, -0.2) is 25.3 Å². The zero-order valence-corrected chi connectivity index (χ0v) is 16.5. The van der Waals surface area contributed by atoms with Crippen LogP contribution in [-0.2, 0) is 11.3 Å². The highest BCUT2D eigenvalue weighted by atomic mass is 19.3. The number of carbonyl (C=O) groups excluding carboxylic acids is 1. The predicted molar refractivity (Wildman–Crippen MR) is 109 cm³/mol. The molecule has 9 heteroatoms. The first-order valence-electron chi connectivity index (χ1n) is 9.52. The molecule has 7 nitrogen and oxygen atoms in total. The maximum absolute atomic E-state index is 13.6. The molecule has 0 saturated heterocycles. The largest absolute Gasteiger partial charge is 0.450 e. The van der Waals surface area contributed by atoms with Gasteiger partial charge in [0.05, 0.1) is 17.6 Å². The number of hydrogen-bond acceptors (Lipinski definition) is 5. The van der Waals surface area contributed by atoms with E-state index < -0.39 is 18.6 Å². The minimum atomic E-state index is -2.85. The van der Waals surface area contributed by atoms with Gasteiger partial charge in [-0.3, -0.25) is 9.36 Å². The van der Waals surface area contributed by atoms with Crippen LogP contribution in [0.3, 0.4) is 0 Å². The molecule has 0 aliphatic rings. The average molecular weight is 424 g/mol. The number of fused-ring (bicyclic) bond motifs is 1. The van der Waals surface area contributed by atoms with Gasteiger partial charge in [0.25, 0.3) is 5.56 Å². The smallest absolute Gasteiger partial charge is 0.359 e. The lowest BCUT2D eigenvalue weighted by Crippen LogP contribution is -2.26. The molecule has 0 N–H and O–H groups in total. The fraction of sp³-hybridized carbons (Fsp3) is 0.182. The zero-order valence-electron chi connectivity index (χ0n) is 16.5. The van der Waals surface area contributed by atoms with Crippen LogP contribution < -0.4 is 5.56 Å². The van der Waals surface area contributed by atoms with Crippen molar-refractivity contribution in [2.75, 3.05) is 0 Å². The van der Waals surface area contributed by atoms with E-state index in [0.717, 1.165) is 14.8 Å². The van der Waals surface area contributed by atoms with Crippen LogP contribution in [0.2, 0.25) is 0 Å². The fourth-order valence-electron chi connectivity index (χ4n) is 3.26. The van der Waals surface area contributed by atoms with Crippen molar-refractivity contribution in [1.29, 1.82) is 0 Å². The SMILES string of the molecule is CC(OC(=O)c1ccc(=O)n(Cc2ccccc2)n1)c1nc2ccccc2n1C(F)F. The van der Waals surface area contributed by atoms with E-state index in [1.54, 1.807) is 18.2 Å². The molecular weight excluding hydrogens is 406 g/mol. The van der Waals surface area contributed by atoms with Gasteiger partial charge < -0.3 is 4.74 Å². The molecule has 158 valence electrons. The number of nitrogens with zero attached hydrogens (tertiary/aromatic N) is 4. The Morgan fingerprint density at radius 2 is 1.74 bits per heavy atom. The molecule has 2 heterocycles. The van der Waals surface area contributed by atoms with E-state index in [1.807, 2.05) is 30.3 Å². The van der Waals surface area contributed by atoms with Crippen LogP contribution in [0.15, 0.2) is 71.5 Å². The first-order chi connectivity index (χ1) is 14.9. The molecule has 1 atom stereocenters. The van der Waals surface area contributed by atoms with Gasteiger partial charge >= 0.3 is 12.5 Å². The number of para-hydroxylation sites is 2. The normalized spacial score (nSPS) is 12.3. The molecule has 0 aliphatic carbocycles. The Hall–Kier alpha value is -3.88. The maximum atomic E-state index is 13.6. The van der Waals surface area contributed by atoms with E-state index in [1.165, 1.54) is 25.1 Å². The van der Waals surface area contributed by atoms with Crippen LogP contribution in [0, 0.1) is 0 Å². The monoisotopic (exact) mass is 424 g/mol. The highest BCUT2D eigenvalue weighted by Crippen LogP contribution is 2.28. The third-order valence-corrected chi connectivity index (χ3v) is 4.72. The van der Waals surface area contributed by atoms with Crippen LogP contribution in [0.25, 0.3) is 11.0 Å². The van der Waals surface area contributed by atoms with Gasteiger partial charge in [-0.2, -0.15) is 13.9 Å². The topological polar surface area (TPSA) is 79.0 Å². The van der Waals surface area contributed by atoms with Crippen molar-refractivity contribution in [1.82, 2.24) is 19.3 Å². The predicted octanol–water partition coefficient (Wildman–Crippen LogP) is 3.95. The summed E-state index contributed by atoms with van der Waals surface area (Å²) in [6.07, 6.45) is -1.06. The molecule has 4 aromatic rings. The number of esters is 1. The molecule has 0 aliphatic heterocycles. The van der Waals surface area contributed by atoms with Gasteiger partial charge in [-0.05, 0) is 30.7 Å². The van der Waals surface area contributed by atoms with Crippen LogP contribution >= 0.6 is 0 Å². The Morgan fingerprint density at radius 1 is 1.03 bits per heavy atom. The number of imidazole rings is 1. The van der Waals surface area contributed by atoms with Crippen molar-refractivity contribution >= 4 is 17.0 Å². The first kappa shape index (κ1) is 20.4. The summed E-state index contributed by atoms with van der Waals surface area (Å²) in [7, 11) is 0. The molecule has 0 spiro atoms. The molecule has 4 rings (SSSR count). The van der Waals surface area contributed by atoms with Crippen molar-refractivity contribution in [2.45, 2.75) is 26.1 Å². The van der Waals surface area contributed by atoms with Crippen LogP contribution in [0.4, 0.5) is 8.78 Å².